The molecule has 0 saturated carbocycles. The third-order valence-electron chi connectivity index (χ3n) is 5.44. The molecule has 0 spiro atoms. The maximum absolute atomic E-state index is 6.14. The summed E-state index contributed by atoms with van der Waals surface area (Å²) in [6.45, 7) is 4.54. The van der Waals surface area contributed by atoms with E-state index in [0.29, 0.717) is 12.4 Å². The Kier molecular flexibility index (Phi) is 4.77. The van der Waals surface area contributed by atoms with Crippen molar-refractivity contribution < 1.29 is 0 Å². The van der Waals surface area contributed by atoms with Crippen molar-refractivity contribution >= 4 is 49.2 Å². The highest BCUT2D eigenvalue weighted by Crippen LogP contribution is 2.28. The molecular weight excluding hydrogens is 428 g/mol. The lowest BCUT2D eigenvalue weighted by Gasteiger charge is -2.36. The van der Waals surface area contributed by atoms with E-state index in [1.807, 2.05) is 30.5 Å². The highest BCUT2D eigenvalue weighted by Gasteiger charge is 2.20. The number of nitrogen functional groups attached to an aromatic ring is 1. The Balaban J connectivity index is 1.31. The van der Waals surface area contributed by atoms with Crippen LogP contribution < -0.4 is 10.6 Å². The number of fused-ring (bicyclic) bond motifs is 2. The first-order valence-electron chi connectivity index (χ1n) is 9.70. The van der Waals surface area contributed by atoms with Crippen molar-refractivity contribution in [1.29, 1.82) is 0 Å². The van der Waals surface area contributed by atoms with Gasteiger partial charge in [-0.05, 0) is 36.4 Å². The predicted molar refractivity (Wildman–Crippen MR) is 121 cm³/mol. The Morgan fingerprint density at radius 2 is 1.72 bits per heavy atom. The van der Waals surface area contributed by atoms with Crippen LogP contribution in [0.2, 0.25) is 0 Å². The van der Waals surface area contributed by atoms with Crippen molar-refractivity contribution in [3.05, 3.63) is 65.0 Å². The normalized spacial score (nSPS) is 15.3. The molecule has 2 N–H and O–H groups in total. The summed E-state index contributed by atoms with van der Waals surface area (Å²) in [7, 11) is 0. The molecule has 1 aliphatic rings. The van der Waals surface area contributed by atoms with Crippen molar-refractivity contribution in [2.24, 2.45) is 0 Å². The molecule has 1 saturated heterocycles. The summed E-state index contributed by atoms with van der Waals surface area (Å²) in [5.74, 6) is 1.34. The average molecular weight is 449 g/mol. The molecule has 3 heterocycles. The van der Waals surface area contributed by atoms with Crippen LogP contribution in [0.3, 0.4) is 0 Å². The molecule has 146 valence electrons. The SMILES string of the molecule is Nc1nc(CN2CCN(c3ccnc4cc(Br)ccc34)CC2)nc2ccccc12. The molecule has 29 heavy (non-hydrogen) atoms. The minimum atomic E-state index is 0.554. The first kappa shape index (κ1) is 18.3. The lowest BCUT2D eigenvalue weighted by molar-refractivity contribution is 0.244. The largest absolute Gasteiger partial charge is 0.383 e. The monoisotopic (exact) mass is 448 g/mol. The molecule has 5 rings (SSSR count). The maximum Gasteiger partial charge on any atom is 0.145 e. The number of hydrogen-bond acceptors (Lipinski definition) is 6. The van der Waals surface area contributed by atoms with E-state index < -0.39 is 0 Å². The topological polar surface area (TPSA) is 71.2 Å². The van der Waals surface area contributed by atoms with E-state index >= 15 is 0 Å². The fourth-order valence-electron chi connectivity index (χ4n) is 3.95. The summed E-state index contributed by atoms with van der Waals surface area (Å²) in [6.07, 6.45) is 1.89. The van der Waals surface area contributed by atoms with Gasteiger partial charge in [0.2, 0.25) is 0 Å². The summed E-state index contributed by atoms with van der Waals surface area (Å²) in [5.41, 5.74) is 9.30. The number of piperazine rings is 1. The Labute approximate surface area is 177 Å². The van der Waals surface area contributed by atoms with E-state index in [0.717, 1.165) is 52.9 Å². The number of pyridine rings is 1. The summed E-state index contributed by atoms with van der Waals surface area (Å²) in [4.78, 5) is 18.5. The zero-order valence-electron chi connectivity index (χ0n) is 15.9. The van der Waals surface area contributed by atoms with E-state index in [4.69, 9.17) is 10.7 Å². The molecule has 0 bridgehead atoms. The van der Waals surface area contributed by atoms with Gasteiger partial charge in [-0.1, -0.05) is 28.1 Å². The molecule has 0 radical (unpaired) electrons. The van der Waals surface area contributed by atoms with Gasteiger partial charge in [-0.25, -0.2) is 9.97 Å². The molecule has 1 fully saturated rings. The van der Waals surface area contributed by atoms with Crippen molar-refractivity contribution in [1.82, 2.24) is 19.9 Å². The molecular formula is C22H21BrN6. The first-order valence-corrected chi connectivity index (χ1v) is 10.5. The third-order valence-corrected chi connectivity index (χ3v) is 5.93. The molecule has 6 nitrogen and oxygen atoms in total. The number of halogens is 1. The second-order valence-corrected chi connectivity index (χ2v) is 8.21. The molecule has 0 atom stereocenters. The number of para-hydroxylation sites is 1. The number of anilines is 2. The molecule has 2 aromatic carbocycles. The van der Waals surface area contributed by atoms with Crippen LogP contribution in [0.5, 0.6) is 0 Å². The Morgan fingerprint density at radius 3 is 2.59 bits per heavy atom. The van der Waals surface area contributed by atoms with Gasteiger partial charge < -0.3 is 10.6 Å². The summed E-state index contributed by atoms with van der Waals surface area (Å²) in [5, 5.41) is 2.10. The number of aromatic nitrogens is 3. The van der Waals surface area contributed by atoms with Crippen LogP contribution in [0, 0.1) is 0 Å². The highest BCUT2D eigenvalue weighted by molar-refractivity contribution is 9.10. The Bertz CT molecular complexity index is 1190. The van der Waals surface area contributed by atoms with Gasteiger partial charge in [0.05, 0.1) is 17.6 Å². The fraction of sp³-hybridized carbons (Fsp3) is 0.227. The van der Waals surface area contributed by atoms with Gasteiger partial charge in [-0.2, -0.15) is 0 Å². The van der Waals surface area contributed by atoms with Crippen LogP contribution >= 0.6 is 15.9 Å². The second kappa shape index (κ2) is 7.57. The van der Waals surface area contributed by atoms with Crippen molar-refractivity contribution in [2.75, 3.05) is 36.8 Å². The average Bonchev–Trinajstić information content (AvgIpc) is 2.74. The summed E-state index contributed by atoms with van der Waals surface area (Å²) >= 11 is 3.53. The third kappa shape index (κ3) is 3.63. The molecule has 0 aliphatic carbocycles. The molecule has 0 amide bonds. The molecule has 7 heteroatoms. The zero-order chi connectivity index (χ0) is 19.8. The number of benzene rings is 2. The first-order chi connectivity index (χ1) is 14.2. The number of nitrogens with zero attached hydrogens (tertiary/aromatic N) is 5. The number of hydrogen-bond donors (Lipinski definition) is 1. The number of rotatable bonds is 3. The minimum absolute atomic E-state index is 0.554. The Hall–Kier alpha value is -2.77. The van der Waals surface area contributed by atoms with Crippen LogP contribution in [0.1, 0.15) is 5.82 Å². The maximum atomic E-state index is 6.14. The molecule has 4 aromatic rings. The predicted octanol–water partition coefficient (Wildman–Crippen LogP) is 3.84. The molecule has 1 aliphatic heterocycles. The van der Waals surface area contributed by atoms with E-state index in [2.05, 4.69) is 60.0 Å². The number of nitrogens with two attached hydrogens (primary N) is 1. The second-order valence-electron chi connectivity index (χ2n) is 7.30. The smallest absolute Gasteiger partial charge is 0.145 e. The van der Waals surface area contributed by atoms with E-state index in [9.17, 15) is 0 Å². The van der Waals surface area contributed by atoms with Crippen molar-refractivity contribution in [3.8, 4) is 0 Å². The van der Waals surface area contributed by atoms with Crippen molar-refractivity contribution in [2.45, 2.75) is 6.54 Å². The van der Waals surface area contributed by atoms with E-state index in [-0.39, 0.29) is 0 Å². The molecule has 2 aromatic heterocycles. The van der Waals surface area contributed by atoms with Crippen LogP contribution in [0.15, 0.2) is 59.2 Å². The fourth-order valence-corrected chi connectivity index (χ4v) is 4.30. The summed E-state index contributed by atoms with van der Waals surface area (Å²) in [6, 6.07) is 16.3. The van der Waals surface area contributed by atoms with E-state index in [1.165, 1.54) is 11.1 Å². The van der Waals surface area contributed by atoms with Crippen LogP contribution in [0.4, 0.5) is 11.5 Å². The van der Waals surface area contributed by atoms with Crippen molar-refractivity contribution in [3.63, 3.8) is 0 Å². The van der Waals surface area contributed by atoms with Gasteiger partial charge in [0.15, 0.2) is 0 Å². The van der Waals surface area contributed by atoms with Gasteiger partial charge in [-0.15, -0.1) is 0 Å². The minimum Gasteiger partial charge on any atom is -0.383 e. The van der Waals surface area contributed by atoms with Gasteiger partial charge in [0.1, 0.15) is 11.6 Å². The van der Waals surface area contributed by atoms with Gasteiger partial charge >= 0.3 is 0 Å². The lowest BCUT2D eigenvalue weighted by Crippen LogP contribution is -2.46. The lowest BCUT2D eigenvalue weighted by atomic mass is 10.1. The summed E-state index contributed by atoms with van der Waals surface area (Å²) < 4.78 is 1.05. The van der Waals surface area contributed by atoms with Crippen LogP contribution in [-0.4, -0.2) is 46.0 Å². The highest BCUT2D eigenvalue weighted by atomic mass is 79.9. The zero-order valence-corrected chi connectivity index (χ0v) is 17.5. The van der Waals surface area contributed by atoms with E-state index in [1.54, 1.807) is 0 Å². The van der Waals surface area contributed by atoms with Gasteiger partial charge in [0, 0.05) is 53.3 Å². The quantitative estimate of drug-likeness (QED) is 0.513. The standard InChI is InChI=1S/C22H21BrN6/c23-15-5-6-16-19(13-15)25-8-7-20(16)29-11-9-28(10-12-29)14-21-26-18-4-2-1-3-17(18)22(24)27-21/h1-8,13H,9-12,14H2,(H2,24,26,27). The van der Waals surface area contributed by atoms with Crippen LogP contribution in [-0.2, 0) is 6.54 Å². The van der Waals surface area contributed by atoms with Gasteiger partial charge in [0.25, 0.3) is 0 Å². The Morgan fingerprint density at radius 1 is 0.897 bits per heavy atom. The van der Waals surface area contributed by atoms with Gasteiger partial charge in [-0.3, -0.25) is 9.88 Å². The van der Waals surface area contributed by atoms with Crippen LogP contribution in [0.25, 0.3) is 21.8 Å². The molecule has 0 unspecified atom stereocenters.